The van der Waals surface area contributed by atoms with Gasteiger partial charge in [0.2, 0.25) is 0 Å². The molecule has 4 rings (SSSR count). The summed E-state index contributed by atoms with van der Waals surface area (Å²) in [4.78, 5) is 33.4. The molecular formula is C24H26N8OS. The number of amides is 1. The number of aliphatic imine (C=N–C) groups is 1. The van der Waals surface area contributed by atoms with Gasteiger partial charge < -0.3 is 21.7 Å². The van der Waals surface area contributed by atoms with Gasteiger partial charge in [0, 0.05) is 41.6 Å². The zero-order valence-corrected chi connectivity index (χ0v) is 19.8. The topological polar surface area (TPSA) is 135 Å². The number of aryl methyl sites for hydroxylation is 1. The molecule has 3 heterocycles. The fourth-order valence-electron chi connectivity index (χ4n) is 3.23. The van der Waals surface area contributed by atoms with Crippen LogP contribution < -0.4 is 21.7 Å². The first kappa shape index (κ1) is 23.2. The second kappa shape index (κ2) is 10.3. The lowest BCUT2D eigenvalue weighted by Gasteiger charge is -2.32. The Hall–Kier alpha value is -3.92. The molecule has 1 aliphatic heterocycles. The van der Waals surface area contributed by atoms with Gasteiger partial charge in [-0.05, 0) is 74.0 Å². The first-order valence-electron chi connectivity index (χ1n) is 10.8. The number of nitrogens with two attached hydrogens (primary N) is 2. The highest BCUT2D eigenvalue weighted by atomic mass is 32.2. The normalized spacial score (nSPS) is 14.0. The standard InChI is InChI=1S/C24H26N8OS/c1-15-5-3-10-27-22(15)23(33)28-17-6-8-18(9-7-17)34-24-30-20(29-19(26)13-16(2)25)14-21(31-24)32-11-4-12-32/h3,5-10,13-14H,4,11-12,25H2,1-2H3,(H,28,33)(H2,26,29,30,31). The van der Waals surface area contributed by atoms with Crippen molar-refractivity contribution in [3.8, 4) is 0 Å². The second-order valence-corrected chi connectivity index (χ2v) is 8.92. The molecule has 0 aliphatic carbocycles. The lowest BCUT2D eigenvalue weighted by atomic mass is 10.2. The van der Waals surface area contributed by atoms with E-state index in [1.54, 1.807) is 25.3 Å². The Morgan fingerprint density at radius 2 is 1.94 bits per heavy atom. The smallest absolute Gasteiger partial charge is 0.274 e. The van der Waals surface area contributed by atoms with Crippen molar-refractivity contribution < 1.29 is 4.79 Å². The molecule has 1 aromatic carbocycles. The lowest BCUT2D eigenvalue weighted by molar-refractivity contribution is 0.102. The van der Waals surface area contributed by atoms with Gasteiger partial charge in [-0.1, -0.05) is 6.07 Å². The molecule has 0 saturated carbocycles. The monoisotopic (exact) mass is 474 g/mol. The Labute approximate surface area is 202 Å². The number of hydrogen-bond acceptors (Lipinski definition) is 8. The van der Waals surface area contributed by atoms with E-state index in [0.717, 1.165) is 35.8 Å². The number of nitrogens with zero attached hydrogens (tertiary/aromatic N) is 5. The Balaban J connectivity index is 1.51. The molecule has 10 heteroatoms. The molecule has 1 fully saturated rings. The summed E-state index contributed by atoms with van der Waals surface area (Å²) in [5, 5.41) is 3.44. The molecule has 174 valence electrons. The van der Waals surface area contributed by atoms with Crippen LogP contribution in [-0.4, -0.2) is 39.8 Å². The highest BCUT2D eigenvalue weighted by Crippen LogP contribution is 2.31. The molecule has 1 aliphatic rings. The van der Waals surface area contributed by atoms with E-state index in [1.807, 2.05) is 43.3 Å². The van der Waals surface area contributed by atoms with Crippen LogP contribution in [0.3, 0.4) is 0 Å². The van der Waals surface area contributed by atoms with Crippen LogP contribution in [0.5, 0.6) is 0 Å². The van der Waals surface area contributed by atoms with Crippen molar-refractivity contribution >= 4 is 40.8 Å². The minimum Gasteiger partial charge on any atom is -0.402 e. The molecule has 34 heavy (non-hydrogen) atoms. The van der Waals surface area contributed by atoms with Gasteiger partial charge in [0.05, 0.1) is 0 Å². The highest BCUT2D eigenvalue weighted by Gasteiger charge is 2.18. The Bertz CT molecular complexity index is 1250. The first-order valence-corrected chi connectivity index (χ1v) is 11.6. The second-order valence-electron chi connectivity index (χ2n) is 7.88. The van der Waals surface area contributed by atoms with Crippen molar-refractivity contribution in [2.45, 2.75) is 30.3 Å². The summed E-state index contributed by atoms with van der Waals surface area (Å²) in [5.41, 5.74) is 14.1. The quantitative estimate of drug-likeness (QED) is 0.268. The zero-order valence-electron chi connectivity index (χ0n) is 19.0. The van der Waals surface area contributed by atoms with Crippen LogP contribution in [0.1, 0.15) is 29.4 Å². The summed E-state index contributed by atoms with van der Waals surface area (Å²) in [6, 6.07) is 13.0. The first-order chi connectivity index (χ1) is 16.4. The summed E-state index contributed by atoms with van der Waals surface area (Å²) in [5.74, 6) is 1.33. The maximum absolute atomic E-state index is 12.5. The Morgan fingerprint density at radius 1 is 1.18 bits per heavy atom. The molecule has 5 N–H and O–H groups in total. The number of hydrogen-bond donors (Lipinski definition) is 3. The van der Waals surface area contributed by atoms with Crippen LogP contribution in [0.4, 0.5) is 17.3 Å². The minimum absolute atomic E-state index is 0.244. The number of aromatic nitrogens is 3. The van der Waals surface area contributed by atoms with Crippen LogP contribution in [0.25, 0.3) is 0 Å². The number of amidine groups is 1. The molecular weight excluding hydrogens is 448 g/mol. The van der Waals surface area contributed by atoms with Crippen LogP contribution >= 0.6 is 11.8 Å². The van der Waals surface area contributed by atoms with Gasteiger partial charge in [-0.25, -0.2) is 15.0 Å². The van der Waals surface area contributed by atoms with E-state index in [1.165, 1.54) is 11.8 Å². The minimum atomic E-state index is -0.244. The number of nitrogens with one attached hydrogen (secondary N) is 1. The largest absolute Gasteiger partial charge is 0.402 e. The molecule has 0 bridgehead atoms. The average Bonchev–Trinajstić information content (AvgIpc) is 2.73. The molecule has 9 nitrogen and oxygen atoms in total. The summed E-state index contributed by atoms with van der Waals surface area (Å²) in [6.45, 7) is 5.51. The van der Waals surface area contributed by atoms with Crippen molar-refractivity contribution in [2.75, 3.05) is 23.3 Å². The van der Waals surface area contributed by atoms with Crippen molar-refractivity contribution in [2.24, 2.45) is 16.5 Å². The van der Waals surface area contributed by atoms with Crippen LogP contribution in [0.15, 0.2) is 75.5 Å². The number of carbonyl (C=O) groups is 1. The predicted molar refractivity (Wildman–Crippen MR) is 136 cm³/mol. The number of anilines is 2. The Morgan fingerprint density at radius 3 is 2.59 bits per heavy atom. The summed E-state index contributed by atoms with van der Waals surface area (Å²) in [7, 11) is 0. The van der Waals surface area contributed by atoms with Crippen molar-refractivity contribution in [1.82, 2.24) is 15.0 Å². The molecule has 0 spiro atoms. The number of benzene rings is 1. The van der Waals surface area contributed by atoms with Gasteiger partial charge in [-0.2, -0.15) is 0 Å². The zero-order chi connectivity index (χ0) is 24.1. The van der Waals surface area contributed by atoms with E-state index >= 15 is 0 Å². The number of carbonyl (C=O) groups excluding carboxylic acids is 1. The molecule has 2 aromatic heterocycles. The van der Waals surface area contributed by atoms with E-state index in [2.05, 4.69) is 30.2 Å². The summed E-state index contributed by atoms with van der Waals surface area (Å²) >= 11 is 1.41. The van der Waals surface area contributed by atoms with Gasteiger partial charge in [0.15, 0.2) is 11.0 Å². The maximum Gasteiger partial charge on any atom is 0.274 e. The molecule has 0 atom stereocenters. The number of rotatable bonds is 7. The van der Waals surface area contributed by atoms with Gasteiger partial charge in [-0.15, -0.1) is 0 Å². The third-order valence-electron chi connectivity index (χ3n) is 5.02. The predicted octanol–water partition coefficient (Wildman–Crippen LogP) is 3.64. The third-order valence-corrected chi connectivity index (χ3v) is 5.90. The van der Waals surface area contributed by atoms with Crippen LogP contribution in [0.2, 0.25) is 0 Å². The molecule has 3 aromatic rings. The van der Waals surface area contributed by atoms with E-state index in [4.69, 9.17) is 11.5 Å². The number of allylic oxidation sites excluding steroid dienone is 1. The molecule has 1 saturated heterocycles. The highest BCUT2D eigenvalue weighted by molar-refractivity contribution is 7.99. The van der Waals surface area contributed by atoms with Gasteiger partial charge in [-0.3, -0.25) is 9.78 Å². The summed E-state index contributed by atoms with van der Waals surface area (Å²) < 4.78 is 0. The third kappa shape index (κ3) is 5.90. The molecule has 1 amide bonds. The maximum atomic E-state index is 12.5. The fourth-order valence-corrected chi connectivity index (χ4v) is 4.00. The van der Waals surface area contributed by atoms with E-state index in [-0.39, 0.29) is 11.7 Å². The summed E-state index contributed by atoms with van der Waals surface area (Å²) in [6.07, 6.45) is 4.33. The van der Waals surface area contributed by atoms with Crippen molar-refractivity contribution in [3.05, 3.63) is 71.7 Å². The lowest BCUT2D eigenvalue weighted by Crippen LogP contribution is -2.37. The van der Waals surface area contributed by atoms with Gasteiger partial charge in [0.25, 0.3) is 5.91 Å². The van der Waals surface area contributed by atoms with Gasteiger partial charge >= 0.3 is 0 Å². The number of pyridine rings is 1. The van der Waals surface area contributed by atoms with Crippen LogP contribution in [0, 0.1) is 6.92 Å². The molecule has 0 unspecified atom stereocenters. The van der Waals surface area contributed by atoms with Crippen molar-refractivity contribution in [1.29, 1.82) is 0 Å². The molecule has 0 radical (unpaired) electrons. The van der Waals surface area contributed by atoms with E-state index in [0.29, 0.717) is 28.1 Å². The van der Waals surface area contributed by atoms with E-state index < -0.39 is 0 Å². The van der Waals surface area contributed by atoms with E-state index in [9.17, 15) is 4.79 Å². The SMILES string of the molecule is CC(N)=CC(N)=Nc1cc(N2CCC2)nc(Sc2ccc(NC(=O)c3ncccc3C)cc2)n1. The van der Waals surface area contributed by atoms with Crippen LogP contribution in [-0.2, 0) is 0 Å². The van der Waals surface area contributed by atoms with Gasteiger partial charge in [0.1, 0.15) is 17.3 Å². The Kier molecular flexibility index (Phi) is 7.07. The fraction of sp³-hybridized carbons (Fsp3) is 0.208. The average molecular weight is 475 g/mol. The van der Waals surface area contributed by atoms with Crippen molar-refractivity contribution in [3.63, 3.8) is 0 Å².